The Morgan fingerprint density at radius 3 is 1.33 bits per heavy atom. The molecule has 378 valence electrons. The number of rotatable bonds is 50. The molecule has 15 nitrogen and oxygen atoms in total. The van der Waals surface area contributed by atoms with Gasteiger partial charge in [0, 0.05) is 31.7 Å². The van der Waals surface area contributed by atoms with Crippen LogP contribution in [-0.4, -0.2) is 113 Å². The molecule has 2 amide bonds. The van der Waals surface area contributed by atoms with E-state index in [1.807, 2.05) is 0 Å². The summed E-state index contributed by atoms with van der Waals surface area (Å²) < 4.78 is 49.5. The van der Waals surface area contributed by atoms with Crippen LogP contribution in [0.1, 0.15) is 194 Å². The van der Waals surface area contributed by atoms with Crippen molar-refractivity contribution < 1.29 is 61.4 Å². The predicted molar refractivity (Wildman–Crippen MR) is 256 cm³/mol. The van der Waals surface area contributed by atoms with E-state index < -0.39 is 38.4 Å². The first-order chi connectivity index (χ1) is 31.1. The summed E-state index contributed by atoms with van der Waals surface area (Å²) in [5.74, 6) is -1.07. The van der Waals surface area contributed by atoms with E-state index in [0.717, 1.165) is 38.5 Å². The van der Waals surface area contributed by atoms with Gasteiger partial charge in [0.15, 0.2) is 6.10 Å². The standard InChI is InChI=1S/C47H91N2O13PS/c1-3-5-7-9-11-13-15-17-19-21-23-25-27-29-46(52)59-39-43(62-47(53)30-28-26-24-22-20-18-16-14-12-10-8-6-4-2)40-61-63(54,55)60-33-31-48-44(50)41-57-36-34-56-35-37-58-42-45(51)49-32-38-64/h43,64H,3-42H2,1-2H3,(H,48,50)(H,49,51)(H,54,55)/t43-/m1/s1. The lowest BCUT2D eigenvalue weighted by Gasteiger charge is -2.20. The molecule has 0 fully saturated rings. The number of amides is 2. The lowest BCUT2D eigenvalue weighted by atomic mass is 10.0. The number of hydrogen-bond donors (Lipinski definition) is 4. The zero-order chi connectivity index (χ0) is 47.0. The molecule has 17 heteroatoms. The molecule has 0 aliphatic heterocycles. The van der Waals surface area contributed by atoms with E-state index >= 15 is 0 Å². The Balaban J connectivity index is 4.50. The summed E-state index contributed by atoms with van der Waals surface area (Å²) >= 11 is 4.01. The van der Waals surface area contributed by atoms with Gasteiger partial charge in [0.2, 0.25) is 11.8 Å². The van der Waals surface area contributed by atoms with Crippen molar-refractivity contribution in [3.8, 4) is 0 Å². The summed E-state index contributed by atoms with van der Waals surface area (Å²) in [6.07, 6.45) is 30.2. The minimum absolute atomic E-state index is 0.0678. The molecule has 0 rings (SSSR count). The topological polar surface area (TPSA) is 194 Å². The van der Waals surface area contributed by atoms with E-state index in [1.165, 1.54) is 116 Å². The van der Waals surface area contributed by atoms with Crippen LogP contribution in [0, 0.1) is 0 Å². The maximum atomic E-state index is 12.8. The quantitative estimate of drug-likeness (QED) is 0.0195. The van der Waals surface area contributed by atoms with Crippen molar-refractivity contribution in [3.63, 3.8) is 0 Å². The van der Waals surface area contributed by atoms with E-state index in [-0.39, 0.29) is 78.1 Å². The van der Waals surface area contributed by atoms with Crippen molar-refractivity contribution in [2.45, 2.75) is 200 Å². The molecule has 0 spiro atoms. The maximum Gasteiger partial charge on any atom is 0.472 e. The Bertz CT molecular complexity index is 1160. The second-order valence-corrected chi connectivity index (χ2v) is 18.4. The van der Waals surface area contributed by atoms with Crippen LogP contribution in [0.15, 0.2) is 0 Å². The van der Waals surface area contributed by atoms with E-state index in [4.69, 9.17) is 32.7 Å². The van der Waals surface area contributed by atoms with Crippen LogP contribution < -0.4 is 10.6 Å². The van der Waals surface area contributed by atoms with E-state index in [0.29, 0.717) is 25.1 Å². The van der Waals surface area contributed by atoms with Crippen LogP contribution in [-0.2, 0) is 56.5 Å². The molecule has 3 N–H and O–H groups in total. The Labute approximate surface area is 393 Å². The third kappa shape index (κ3) is 46.7. The van der Waals surface area contributed by atoms with Gasteiger partial charge in [-0.15, -0.1) is 0 Å². The van der Waals surface area contributed by atoms with Gasteiger partial charge in [-0.25, -0.2) is 4.57 Å². The zero-order valence-corrected chi connectivity index (χ0v) is 41.9. The molecule has 0 radical (unpaired) electrons. The second-order valence-electron chi connectivity index (χ2n) is 16.5. The highest BCUT2D eigenvalue weighted by Crippen LogP contribution is 2.43. The molecule has 0 bridgehead atoms. The number of nitrogens with one attached hydrogen (secondary N) is 2. The number of carbonyl (C=O) groups excluding carboxylic acids is 4. The van der Waals surface area contributed by atoms with Gasteiger partial charge in [0.05, 0.1) is 39.6 Å². The molecule has 0 heterocycles. The smallest absolute Gasteiger partial charge is 0.462 e. The van der Waals surface area contributed by atoms with Gasteiger partial charge in [-0.1, -0.05) is 168 Å². The van der Waals surface area contributed by atoms with Crippen LogP contribution in [0.2, 0.25) is 0 Å². The van der Waals surface area contributed by atoms with Gasteiger partial charge in [-0.05, 0) is 12.8 Å². The van der Waals surface area contributed by atoms with Gasteiger partial charge in [0.1, 0.15) is 19.8 Å². The molecule has 0 aliphatic carbocycles. The molecular formula is C47H91N2O13PS. The Kier molecular flexibility index (Phi) is 46.4. The third-order valence-corrected chi connectivity index (χ3v) is 11.7. The lowest BCUT2D eigenvalue weighted by molar-refractivity contribution is -0.161. The summed E-state index contributed by atoms with van der Waals surface area (Å²) in [7, 11) is -4.61. The fraction of sp³-hybridized carbons (Fsp3) is 0.915. The number of unbranched alkanes of at least 4 members (excludes halogenated alkanes) is 24. The normalized spacial score (nSPS) is 12.8. The minimum Gasteiger partial charge on any atom is -0.462 e. The number of hydrogen-bond acceptors (Lipinski definition) is 13. The summed E-state index contributed by atoms with van der Waals surface area (Å²) in [6, 6.07) is 0. The molecule has 0 aliphatic rings. The molecule has 1 unspecified atom stereocenters. The number of phosphoric acid groups is 1. The largest absolute Gasteiger partial charge is 0.472 e. The molecule has 0 aromatic heterocycles. The van der Waals surface area contributed by atoms with Crippen LogP contribution in [0.4, 0.5) is 0 Å². The monoisotopic (exact) mass is 955 g/mol. The average Bonchev–Trinajstić information content (AvgIpc) is 3.27. The summed E-state index contributed by atoms with van der Waals surface area (Å²) in [6.45, 7) is 4.18. The number of carbonyl (C=O) groups is 4. The van der Waals surface area contributed by atoms with Crippen molar-refractivity contribution >= 4 is 44.2 Å². The van der Waals surface area contributed by atoms with Gasteiger partial charge < -0.3 is 39.2 Å². The highest BCUT2D eigenvalue weighted by Gasteiger charge is 2.26. The van der Waals surface area contributed by atoms with Gasteiger partial charge in [0.25, 0.3) is 0 Å². The van der Waals surface area contributed by atoms with E-state index in [1.54, 1.807) is 0 Å². The van der Waals surface area contributed by atoms with E-state index in [2.05, 4.69) is 37.1 Å². The fourth-order valence-corrected chi connectivity index (χ4v) is 7.59. The summed E-state index contributed by atoms with van der Waals surface area (Å²) in [5.41, 5.74) is 0. The average molecular weight is 955 g/mol. The predicted octanol–water partition coefficient (Wildman–Crippen LogP) is 9.75. The molecule has 0 aromatic carbocycles. The number of esters is 2. The second kappa shape index (κ2) is 47.7. The van der Waals surface area contributed by atoms with Crippen molar-refractivity contribution in [3.05, 3.63) is 0 Å². The SMILES string of the molecule is CCCCCCCCCCCCCCCC(=O)OC[C@H](COP(=O)(O)OCCNC(=O)COCCOCCOCC(=O)NCCS)OC(=O)CCCCCCCCCCCCCCC. The van der Waals surface area contributed by atoms with Crippen molar-refractivity contribution in [1.29, 1.82) is 0 Å². The summed E-state index contributed by atoms with van der Waals surface area (Å²) in [4.78, 5) is 59.1. The Morgan fingerprint density at radius 2 is 0.891 bits per heavy atom. The van der Waals surface area contributed by atoms with Crippen LogP contribution >= 0.6 is 20.5 Å². The molecule has 64 heavy (non-hydrogen) atoms. The minimum atomic E-state index is -4.61. The highest BCUT2D eigenvalue weighted by molar-refractivity contribution is 7.80. The van der Waals surface area contributed by atoms with E-state index in [9.17, 15) is 28.6 Å². The van der Waals surface area contributed by atoms with Crippen molar-refractivity contribution in [2.75, 3.05) is 78.3 Å². The van der Waals surface area contributed by atoms with Gasteiger partial charge >= 0.3 is 19.8 Å². The van der Waals surface area contributed by atoms with Crippen LogP contribution in [0.3, 0.4) is 0 Å². The fourth-order valence-electron chi connectivity index (χ4n) is 6.72. The number of thiol groups is 1. The first-order valence-electron chi connectivity index (χ1n) is 25.0. The van der Waals surface area contributed by atoms with Crippen molar-refractivity contribution in [1.82, 2.24) is 10.6 Å². The molecule has 0 saturated carbocycles. The van der Waals surface area contributed by atoms with Crippen LogP contribution in [0.5, 0.6) is 0 Å². The Hall–Kier alpha value is -1.78. The molecule has 0 aromatic rings. The molecular weight excluding hydrogens is 864 g/mol. The molecule has 0 saturated heterocycles. The van der Waals surface area contributed by atoms with Crippen molar-refractivity contribution in [2.24, 2.45) is 0 Å². The molecule has 2 atom stereocenters. The van der Waals surface area contributed by atoms with Crippen LogP contribution in [0.25, 0.3) is 0 Å². The lowest BCUT2D eigenvalue weighted by Crippen LogP contribution is -2.31. The highest BCUT2D eigenvalue weighted by atomic mass is 32.1. The summed E-state index contributed by atoms with van der Waals surface area (Å²) in [5, 5.41) is 5.15. The maximum absolute atomic E-state index is 12.8. The third-order valence-electron chi connectivity index (χ3n) is 10.4. The number of ether oxygens (including phenoxy) is 5. The Morgan fingerprint density at radius 1 is 0.500 bits per heavy atom. The zero-order valence-electron chi connectivity index (χ0n) is 40.1. The first kappa shape index (κ1) is 62.2. The van der Waals surface area contributed by atoms with Gasteiger partial charge in [-0.2, -0.15) is 12.6 Å². The first-order valence-corrected chi connectivity index (χ1v) is 27.1. The van der Waals surface area contributed by atoms with Gasteiger partial charge in [-0.3, -0.25) is 28.2 Å². The number of phosphoric ester groups is 1.